The van der Waals surface area contributed by atoms with Crippen LogP contribution in [-0.2, 0) is 11.2 Å². The van der Waals surface area contributed by atoms with Gasteiger partial charge in [-0.3, -0.25) is 4.79 Å². The summed E-state index contributed by atoms with van der Waals surface area (Å²) in [6.45, 7) is 0.129. The first kappa shape index (κ1) is 16.1. The highest BCUT2D eigenvalue weighted by molar-refractivity contribution is 7.20. The topological polar surface area (TPSA) is 49.3 Å². The molecule has 0 aliphatic heterocycles. The maximum atomic E-state index is 11.9. The fourth-order valence-corrected chi connectivity index (χ4v) is 3.87. The van der Waals surface area contributed by atoms with E-state index in [-0.39, 0.29) is 18.6 Å². The summed E-state index contributed by atoms with van der Waals surface area (Å²) < 4.78 is 1.40. The number of carbonyl (C=O) groups is 1. The molecule has 1 fully saturated rings. The summed E-state index contributed by atoms with van der Waals surface area (Å²) in [4.78, 5) is 11.9. The van der Waals surface area contributed by atoms with Crippen molar-refractivity contribution in [2.24, 2.45) is 5.92 Å². The highest BCUT2D eigenvalue weighted by Crippen LogP contribution is 2.34. The number of hydrogen-bond acceptors (Lipinski definition) is 3. The van der Waals surface area contributed by atoms with Crippen LogP contribution < -0.4 is 5.32 Å². The Hall–Kier alpha value is -0.290. The van der Waals surface area contributed by atoms with Gasteiger partial charge in [-0.05, 0) is 49.7 Å². The molecule has 0 aromatic carbocycles. The Kier molecular flexibility index (Phi) is 6.15. The van der Waals surface area contributed by atoms with E-state index in [4.69, 9.17) is 28.3 Å². The zero-order valence-electron chi connectivity index (χ0n) is 11.2. The minimum absolute atomic E-state index is 0.0628. The Labute approximate surface area is 133 Å². The maximum Gasteiger partial charge on any atom is 0.220 e. The molecule has 0 radical (unpaired) electrons. The molecule has 1 amide bonds. The third kappa shape index (κ3) is 4.92. The van der Waals surface area contributed by atoms with Crippen molar-refractivity contribution in [2.75, 3.05) is 6.61 Å². The van der Waals surface area contributed by atoms with Gasteiger partial charge in [-0.2, -0.15) is 0 Å². The lowest BCUT2D eigenvalue weighted by molar-refractivity contribution is -0.122. The molecule has 1 atom stereocenters. The number of hydrogen-bond donors (Lipinski definition) is 2. The van der Waals surface area contributed by atoms with Gasteiger partial charge in [0.05, 0.1) is 8.67 Å². The lowest BCUT2D eigenvalue weighted by Crippen LogP contribution is -2.37. The molecule has 0 spiro atoms. The number of thiophene rings is 1. The van der Waals surface area contributed by atoms with Crippen LogP contribution in [0.1, 0.15) is 37.7 Å². The first-order valence-electron chi connectivity index (χ1n) is 6.94. The van der Waals surface area contributed by atoms with E-state index in [2.05, 4.69) is 5.32 Å². The number of aryl methyl sites for hydroxylation is 1. The van der Waals surface area contributed by atoms with Crippen LogP contribution in [-0.4, -0.2) is 23.7 Å². The van der Waals surface area contributed by atoms with Crippen molar-refractivity contribution >= 4 is 40.4 Å². The van der Waals surface area contributed by atoms with Crippen LogP contribution in [0.3, 0.4) is 0 Å². The van der Waals surface area contributed by atoms with Crippen LogP contribution >= 0.6 is 34.5 Å². The fraction of sp³-hybridized carbons (Fsp3) is 0.643. The normalized spacial score (nSPS) is 16.1. The predicted molar refractivity (Wildman–Crippen MR) is 83.6 cm³/mol. The van der Waals surface area contributed by atoms with Crippen LogP contribution in [0.5, 0.6) is 0 Å². The molecule has 0 bridgehead atoms. The number of rotatable bonds is 8. The van der Waals surface area contributed by atoms with Crippen LogP contribution in [0.15, 0.2) is 6.07 Å². The summed E-state index contributed by atoms with van der Waals surface area (Å²) in [6, 6.07) is 2.01. The number of halogens is 2. The summed E-state index contributed by atoms with van der Waals surface area (Å²) in [5.74, 6) is 0.629. The smallest absolute Gasteiger partial charge is 0.220 e. The van der Waals surface area contributed by atoms with Crippen molar-refractivity contribution < 1.29 is 9.90 Å². The molecule has 3 nitrogen and oxygen atoms in total. The minimum atomic E-state index is 0.0628. The Balaban J connectivity index is 1.70. The molecule has 0 saturated heterocycles. The Morgan fingerprint density at radius 3 is 2.80 bits per heavy atom. The maximum absolute atomic E-state index is 11.9. The Morgan fingerprint density at radius 1 is 1.50 bits per heavy atom. The van der Waals surface area contributed by atoms with Gasteiger partial charge in [-0.15, -0.1) is 11.3 Å². The molecular weight excluding hydrogens is 317 g/mol. The fourth-order valence-electron chi connectivity index (χ4n) is 2.33. The van der Waals surface area contributed by atoms with Gasteiger partial charge in [-0.25, -0.2) is 0 Å². The summed E-state index contributed by atoms with van der Waals surface area (Å²) in [5, 5.41) is 12.0. The van der Waals surface area contributed by atoms with Crippen LogP contribution in [0.25, 0.3) is 0 Å². The van der Waals surface area contributed by atoms with E-state index in [1.54, 1.807) is 0 Å². The molecule has 2 rings (SSSR count). The van der Waals surface area contributed by atoms with E-state index >= 15 is 0 Å². The van der Waals surface area contributed by atoms with E-state index in [9.17, 15) is 4.79 Å². The van der Waals surface area contributed by atoms with Crippen molar-refractivity contribution in [3.05, 3.63) is 20.3 Å². The first-order chi connectivity index (χ1) is 9.60. The SMILES string of the molecule is O=C(CCCc1cc(Cl)sc1Cl)NC(CCO)C1CC1. The molecule has 1 aliphatic rings. The number of carbonyl (C=O) groups excluding carboxylic acids is 1. The van der Waals surface area contributed by atoms with Gasteiger partial charge < -0.3 is 10.4 Å². The molecule has 1 aromatic rings. The third-order valence-electron chi connectivity index (χ3n) is 3.55. The lowest BCUT2D eigenvalue weighted by atomic mass is 10.1. The highest BCUT2D eigenvalue weighted by atomic mass is 35.5. The Bertz CT molecular complexity index is 460. The zero-order chi connectivity index (χ0) is 14.5. The van der Waals surface area contributed by atoms with Gasteiger partial charge in [0.1, 0.15) is 0 Å². The summed E-state index contributed by atoms with van der Waals surface area (Å²) in [7, 11) is 0. The minimum Gasteiger partial charge on any atom is -0.396 e. The average Bonchev–Trinajstić information content (AvgIpc) is 3.16. The monoisotopic (exact) mass is 335 g/mol. The second-order valence-electron chi connectivity index (χ2n) is 5.23. The second kappa shape index (κ2) is 7.64. The van der Waals surface area contributed by atoms with Crippen LogP contribution in [0.4, 0.5) is 0 Å². The van der Waals surface area contributed by atoms with Crippen LogP contribution in [0.2, 0.25) is 8.67 Å². The van der Waals surface area contributed by atoms with E-state index in [1.165, 1.54) is 11.3 Å². The van der Waals surface area contributed by atoms with Crippen molar-refractivity contribution in [2.45, 2.75) is 44.6 Å². The zero-order valence-corrected chi connectivity index (χ0v) is 13.5. The van der Waals surface area contributed by atoms with Gasteiger partial charge >= 0.3 is 0 Å². The molecule has 1 aromatic heterocycles. The van der Waals surface area contributed by atoms with E-state index in [1.807, 2.05) is 6.07 Å². The molecule has 1 saturated carbocycles. The molecule has 1 heterocycles. The highest BCUT2D eigenvalue weighted by Gasteiger charge is 2.31. The van der Waals surface area contributed by atoms with Crippen molar-refractivity contribution in [1.29, 1.82) is 0 Å². The van der Waals surface area contributed by atoms with E-state index < -0.39 is 0 Å². The van der Waals surface area contributed by atoms with Gasteiger partial charge in [0.15, 0.2) is 0 Å². The molecule has 6 heteroatoms. The van der Waals surface area contributed by atoms with Crippen molar-refractivity contribution in [3.63, 3.8) is 0 Å². The number of amides is 1. The number of aliphatic hydroxyl groups excluding tert-OH is 1. The Morgan fingerprint density at radius 2 is 2.25 bits per heavy atom. The lowest BCUT2D eigenvalue weighted by Gasteiger charge is -2.17. The van der Waals surface area contributed by atoms with Gasteiger partial charge in [-0.1, -0.05) is 23.2 Å². The summed E-state index contributed by atoms with van der Waals surface area (Å²) in [6.07, 6.45) is 4.99. The van der Waals surface area contributed by atoms with Gasteiger partial charge in [0.25, 0.3) is 0 Å². The third-order valence-corrected chi connectivity index (χ3v) is 5.12. The molecule has 20 heavy (non-hydrogen) atoms. The van der Waals surface area contributed by atoms with E-state index in [0.717, 1.165) is 31.2 Å². The molecule has 1 unspecified atom stereocenters. The predicted octanol–water partition coefficient (Wildman–Crippen LogP) is 3.65. The molecule has 112 valence electrons. The summed E-state index contributed by atoms with van der Waals surface area (Å²) >= 11 is 13.3. The molecular formula is C14H19Cl2NO2S. The molecule has 1 aliphatic carbocycles. The van der Waals surface area contributed by atoms with Crippen molar-refractivity contribution in [1.82, 2.24) is 5.32 Å². The number of nitrogens with one attached hydrogen (secondary N) is 1. The number of aliphatic hydroxyl groups is 1. The summed E-state index contributed by atoms with van der Waals surface area (Å²) in [5.41, 5.74) is 1.02. The van der Waals surface area contributed by atoms with Crippen LogP contribution in [0, 0.1) is 5.92 Å². The van der Waals surface area contributed by atoms with Crippen molar-refractivity contribution in [3.8, 4) is 0 Å². The van der Waals surface area contributed by atoms with Gasteiger partial charge in [0, 0.05) is 19.1 Å². The second-order valence-corrected chi connectivity index (χ2v) is 7.51. The average molecular weight is 336 g/mol. The largest absolute Gasteiger partial charge is 0.396 e. The molecule has 2 N–H and O–H groups in total. The van der Waals surface area contributed by atoms with E-state index in [0.29, 0.717) is 27.4 Å². The van der Waals surface area contributed by atoms with Gasteiger partial charge in [0.2, 0.25) is 5.91 Å². The quantitative estimate of drug-likeness (QED) is 0.761. The standard InChI is InChI=1S/C14H19Cl2NO2S/c15-12-8-10(14(16)20-12)2-1-3-13(19)17-11(6-7-18)9-4-5-9/h8-9,11,18H,1-7H2,(H,17,19). The first-order valence-corrected chi connectivity index (χ1v) is 8.51.